The first-order valence-electron chi connectivity index (χ1n) is 5.88. The van der Waals surface area contributed by atoms with E-state index in [1.165, 1.54) is 11.6 Å². The molecular formula is C14H13BrN2O2. The number of rotatable bonds is 5. The van der Waals surface area contributed by atoms with Crippen molar-refractivity contribution in [1.29, 1.82) is 0 Å². The molecule has 4 nitrogen and oxygen atoms in total. The van der Waals surface area contributed by atoms with Crippen LogP contribution in [0.2, 0.25) is 0 Å². The van der Waals surface area contributed by atoms with Crippen LogP contribution in [-0.2, 0) is 6.42 Å². The van der Waals surface area contributed by atoms with Gasteiger partial charge in [0.05, 0.1) is 4.92 Å². The highest BCUT2D eigenvalue weighted by Crippen LogP contribution is 2.23. The minimum Gasteiger partial charge on any atom is -0.379 e. The van der Waals surface area contributed by atoms with Crippen LogP contribution < -0.4 is 5.32 Å². The van der Waals surface area contributed by atoms with Crippen molar-refractivity contribution in [2.45, 2.75) is 6.42 Å². The summed E-state index contributed by atoms with van der Waals surface area (Å²) < 4.78 is 1.04. The first-order chi connectivity index (χ1) is 9.16. The van der Waals surface area contributed by atoms with Crippen molar-refractivity contribution >= 4 is 27.3 Å². The van der Waals surface area contributed by atoms with Crippen LogP contribution in [0.15, 0.2) is 53.0 Å². The zero-order chi connectivity index (χ0) is 13.7. The molecule has 0 aliphatic rings. The normalized spacial score (nSPS) is 10.2. The molecule has 0 heterocycles. The van der Waals surface area contributed by atoms with E-state index in [-0.39, 0.29) is 10.6 Å². The van der Waals surface area contributed by atoms with E-state index >= 15 is 0 Å². The van der Waals surface area contributed by atoms with Crippen molar-refractivity contribution in [2.24, 2.45) is 0 Å². The minimum absolute atomic E-state index is 0.110. The predicted molar refractivity (Wildman–Crippen MR) is 79.4 cm³/mol. The number of hydrogen-bond acceptors (Lipinski definition) is 3. The second-order valence-corrected chi connectivity index (χ2v) is 4.99. The fourth-order valence-corrected chi connectivity index (χ4v) is 2.04. The number of halogens is 1. The molecule has 98 valence electrons. The summed E-state index contributed by atoms with van der Waals surface area (Å²) in [5.41, 5.74) is 1.86. The summed E-state index contributed by atoms with van der Waals surface area (Å²) in [7, 11) is 0. The number of nitrogens with one attached hydrogen (secondary N) is 1. The Bertz CT molecular complexity index is 570. The van der Waals surface area contributed by atoms with Crippen LogP contribution in [-0.4, -0.2) is 11.5 Å². The lowest BCUT2D eigenvalue weighted by molar-refractivity contribution is -0.384. The largest absolute Gasteiger partial charge is 0.379 e. The maximum Gasteiger partial charge on any atom is 0.292 e. The first-order valence-corrected chi connectivity index (χ1v) is 6.68. The predicted octanol–water partition coefficient (Wildman–Crippen LogP) is 4.01. The maximum atomic E-state index is 10.9. The zero-order valence-electron chi connectivity index (χ0n) is 10.2. The molecule has 2 aromatic carbocycles. The van der Waals surface area contributed by atoms with Gasteiger partial charge in [0.25, 0.3) is 5.69 Å². The molecule has 0 spiro atoms. The van der Waals surface area contributed by atoms with Gasteiger partial charge >= 0.3 is 0 Å². The number of nitro benzene ring substituents is 1. The minimum atomic E-state index is -0.373. The topological polar surface area (TPSA) is 55.2 Å². The van der Waals surface area contributed by atoms with E-state index in [4.69, 9.17) is 0 Å². The highest BCUT2D eigenvalue weighted by molar-refractivity contribution is 9.10. The van der Waals surface area contributed by atoms with Crippen LogP contribution in [0.3, 0.4) is 0 Å². The Morgan fingerprint density at radius 2 is 1.79 bits per heavy atom. The lowest BCUT2D eigenvalue weighted by Crippen LogP contribution is -2.06. The van der Waals surface area contributed by atoms with Gasteiger partial charge in [-0.2, -0.15) is 0 Å². The van der Waals surface area contributed by atoms with E-state index in [1.54, 1.807) is 18.2 Å². The Kier molecular flexibility index (Phi) is 4.52. The van der Waals surface area contributed by atoms with Gasteiger partial charge < -0.3 is 5.32 Å². The molecule has 1 N–H and O–H groups in total. The smallest absolute Gasteiger partial charge is 0.292 e. The molecule has 0 unspecified atom stereocenters. The number of hydrogen-bond donors (Lipinski definition) is 1. The lowest BCUT2D eigenvalue weighted by Gasteiger charge is -2.07. The van der Waals surface area contributed by atoms with Gasteiger partial charge in [0.15, 0.2) is 0 Å². The summed E-state index contributed by atoms with van der Waals surface area (Å²) in [4.78, 5) is 10.5. The Hall–Kier alpha value is -1.88. The summed E-state index contributed by atoms with van der Waals surface area (Å²) in [5, 5.41) is 14.0. The molecule has 5 heteroatoms. The van der Waals surface area contributed by atoms with Crippen LogP contribution in [0.5, 0.6) is 0 Å². The summed E-state index contributed by atoms with van der Waals surface area (Å²) in [5.74, 6) is 0. The third-order valence-corrected chi connectivity index (χ3v) is 3.27. The summed E-state index contributed by atoms with van der Waals surface area (Å²) in [6.07, 6.45) is 0.819. The molecular weight excluding hydrogens is 308 g/mol. The van der Waals surface area contributed by atoms with Gasteiger partial charge in [-0.15, -0.1) is 0 Å². The third-order valence-electron chi connectivity index (χ3n) is 2.74. The molecule has 0 saturated heterocycles. The van der Waals surface area contributed by atoms with E-state index in [9.17, 15) is 10.1 Å². The van der Waals surface area contributed by atoms with E-state index in [0.29, 0.717) is 12.2 Å². The SMILES string of the molecule is O=[N+]([O-])c1ccccc1NCCc1ccc(Br)cc1. The van der Waals surface area contributed by atoms with Crippen molar-refractivity contribution in [1.82, 2.24) is 0 Å². The van der Waals surface area contributed by atoms with E-state index in [1.807, 2.05) is 24.3 Å². The molecule has 0 atom stereocenters. The number of para-hydroxylation sites is 2. The Balaban J connectivity index is 1.96. The molecule has 2 aromatic rings. The Labute approximate surface area is 119 Å². The second-order valence-electron chi connectivity index (χ2n) is 4.08. The molecule has 0 aromatic heterocycles. The molecule has 0 bridgehead atoms. The van der Waals surface area contributed by atoms with Gasteiger partial charge in [-0.1, -0.05) is 40.2 Å². The average molecular weight is 321 g/mol. The fourth-order valence-electron chi connectivity index (χ4n) is 1.77. The number of anilines is 1. The van der Waals surface area contributed by atoms with Gasteiger partial charge in [-0.25, -0.2) is 0 Å². The quantitative estimate of drug-likeness (QED) is 0.669. The number of nitrogens with zero attached hydrogens (tertiary/aromatic N) is 1. The summed E-state index contributed by atoms with van der Waals surface area (Å²) >= 11 is 3.39. The van der Waals surface area contributed by atoms with Crippen molar-refractivity contribution in [3.05, 3.63) is 68.7 Å². The molecule has 0 fully saturated rings. The fraction of sp³-hybridized carbons (Fsp3) is 0.143. The van der Waals surface area contributed by atoms with Gasteiger partial charge in [-0.05, 0) is 30.2 Å². The highest BCUT2D eigenvalue weighted by Gasteiger charge is 2.11. The van der Waals surface area contributed by atoms with Crippen LogP contribution in [0, 0.1) is 10.1 Å². The summed E-state index contributed by atoms with van der Waals surface area (Å²) in [6.45, 7) is 0.659. The maximum absolute atomic E-state index is 10.9. The Morgan fingerprint density at radius 3 is 2.47 bits per heavy atom. The van der Waals surface area contributed by atoms with E-state index in [2.05, 4.69) is 21.2 Å². The number of benzene rings is 2. The van der Waals surface area contributed by atoms with Gasteiger partial charge in [-0.3, -0.25) is 10.1 Å². The molecule has 0 aliphatic heterocycles. The van der Waals surface area contributed by atoms with E-state index < -0.39 is 0 Å². The molecule has 0 aliphatic carbocycles. The van der Waals surface area contributed by atoms with Crippen LogP contribution in [0.4, 0.5) is 11.4 Å². The van der Waals surface area contributed by atoms with Crippen LogP contribution >= 0.6 is 15.9 Å². The summed E-state index contributed by atoms with van der Waals surface area (Å²) in [6, 6.07) is 14.7. The van der Waals surface area contributed by atoms with Gasteiger partial charge in [0.2, 0.25) is 0 Å². The first kappa shape index (κ1) is 13.5. The van der Waals surface area contributed by atoms with Crippen molar-refractivity contribution in [3.8, 4) is 0 Å². The molecule has 0 radical (unpaired) electrons. The monoisotopic (exact) mass is 320 g/mol. The highest BCUT2D eigenvalue weighted by atomic mass is 79.9. The molecule has 0 saturated carbocycles. The zero-order valence-corrected chi connectivity index (χ0v) is 11.8. The van der Waals surface area contributed by atoms with Crippen molar-refractivity contribution < 1.29 is 4.92 Å². The van der Waals surface area contributed by atoms with Crippen molar-refractivity contribution in [3.63, 3.8) is 0 Å². The average Bonchev–Trinajstić information content (AvgIpc) is 2.41. The van der Waals surface area contributed by atoms with E-state index in [0.717, 1.165) is 10.9 Å². The van der Waals surface area contributed by atoms with Crippen LogP contribution in [0.25, 0.3) is 0 Å². The Morgan fingerprint density at radius 1 is 1.11 bits per heavy atom. The molecule has 19 heavy (non-hydrogen) atoms. The molecule has 2 rings (SSSR count). The second kappa shape index (κ2) is 6.33. The molecule has 0 amide bonds. The van der Waals surface area contributed by atoms with Crippen LogP contribution in [0.1, 0.15) is 5.56 Å². The third kappa shape index (κ3) is 3.79. The number of nitro groups is 1. The lowest BCUT2D eigenvalue weighted by atomic mass is 10.1. The van der Waals surface area contributed by atoms with Crippen molar-refractivity contribution in [2.75, 3.05) is 11.9 Å². The van der Waals surface area contributed by atoms with Gasteiger partial charge in [0.1, 0.15) is 5.69 Å². The van der Waals surface area contributed by atoms with Gasteiger partial charge in [0, 0.05) is 17.1 Å². The standard InChI is InChI=1S/C14H13BrN2O2/c15-12-7-5-11(6-8-12)9-10-16-13-3-1-2-4-14(13)17(18)19/h1-8,16H,9-10H2.